The molecule has 0 spiro atoms. The van der Waals surface area contributed by atoms with Crippen LogP contribution in [0.1, 0.15) is 22.8 Å². The third-order valence-electron chi connectivity index (χ3n) is 4.95. The summed E-state index contributed by atoms with van der Waals surface area (Å²) < 4.78 is 32.8. The molecule has 0 bridgehead atoms. The van der Waals surface area contributed by atoms with E-state index in [2.05, 4.69) is 4.72 Å². The van der Waals surface area contributed by atoms with Gasteiger partial charge in [0.2, 0.25) is 0 Å². The maximum absolute atomic E-state index is 13.0. The Balaban J connectivity index is 1.74. The molecule has 3 rings (SSSR count). The highest BCUT2D eigenvalue weighted by Crippen LogP contribution is 2.24. The van der Waals surface area contributed by atoms with Crippen molar-refractivity contribution in [2.24, 2.45) is 0 Å². The molecule has 1 heterocycles. The molecule has 0 saturated carbocycles. The molecular weight excluding hydrogens is 406 g/mol. The van der Waals surface area contributed by atoms with Gasteiger partial charge >= 0.3 is 6.09 Å². The summed E-state index contributed by atoms with van der Waals surface area (Å²) in [6, 6.07) is 13.0. The highest BCUT2D eigenvalue weighted by atomic mass is 32.2. The Morgan fingerprint density at radius 3 is 2.23 bits per heavy atom. The lowest BCUT2D eigenvalue weighted by atomic mass is 10.1. The largest absolute Gasteiger partial charge is 0.450 e. The minimum atomic E-state index is -3.76. The lowest BCUT2D eigenvalue weighted by molar-refractivity contribution is 0.0570. The van der Waals surface area contributed by atoms with Crippen LogP contribution in [0.25, 0.3) is 0 Å². The van der Waals surface area contributed by atoms with E-state index >= 15 is 0 Å². The predicted octanol–water partition coefficient (Wildman–Crippen LogP) is 2.71. The molecule has 1 fully saturated rings. The Labute approximate surface area is 176 Å². The molecule has 0 aliphatic carbocycles. The van der Waals surface area contributed by atoms with Gasteiger partial charge in [0.1, 0.15) is 0 Å². The molecule has 2 aromatic carbocycles. The fourth-order valence-electron chi connectivity index (χ4n) is 3.26. The quantitative estimate of drug-likeness (QED) is 0.785. The summed E-state index contributed by atoms with van der Waals surface area (Å²) in [7, 11) is -3.76. The molecule has 1 aliphatic rings. The molecule has 0 aromatic heterocycles. The molecule has 1 N–H and O–H groups in total. The van der Waals surface area contributed by atoms with Crippen molar-refractivity contribution in [1.29, 1.82) is 0 Å². The Bertz CT molecular complexity index is 1020. The fourth-order valence-corrected chi connectivity index (χ4v) is 4.40. The number of nitrogens with zero attached hydrogens (tertiary/aromatic N) is 2. The molecule has 2 aromatic rings. The lowest BCUT2D eigenvalue weighted by Gasteiger charge is -2.34. The van der Waals surface area contributed by atoms with Crippen LogP contribution >= 0.6 is 0 Å². The average Bonchev–Trinajstić information content (AvgIpc) is 2.75. The number of rotatable bonds is 5. The zero-order valence-electron chi connectivity index (χ0n) is 17.0. The first-order valence-electron chi connectivity index (χ1n) is 9.72. The molecule has 1 saturated heterocycles. The van der Waals surface area contributed by atoms with Gasteiger partial charge < -0.3 is 14.5 Å². The SMILES string of the molecule is CCOC(=O)N1CCN(C(=O)c2cccc(NS(=O)(=O)c3ccccc3)c2C)CC1. The number of benzene rings is 2. The Morgan fingerprint density at radius 2 is 1.60 bits per heavy atom. The molecule has 1 aliphatic heterocycles. The predicted molar refractivity (Wildman–Crippen MR) is 113 cm³/mol. The normalized spacial score (nSPS) is 14.3. The number of ether oxygens (including phenoxy) is 1. The van der Waals surface area contributed by atoms with Gasteiger partial charge in [0, 0.05) is 31.7 Å². The van der Waals surface area contributed by atoms with E-state index < -0.39 is 10.0 Å². The molecule has 2 amide bonds. The molecular formula is C21H25N3O5S. The smallest absolute Gasteiger partial charge is 0.409 e. The van der Waals surface area contributed by atoms with Gasteiger partial charge in [-0.1, -0.05) is 24.3 Å². The molecule has 30 heavy (non-hydrogen) atoms. The number of carbonyl (C=O) groups is 2. The minimum Gasteiger partial charge on any atom is -0.450 e. The Kier molecular flexibility index (Phi) is 6.61. The zero-order valence-corrected chi connectivity index (χ0v) is 17.8. The monoisotopic (exact) mass is 431 g/mol. The van der Waals surface area contributed by atoms with Crippen molar-refractivity contribution in [3.8, 4) is 0 Å². The number of hydrogen-bond donors (Lipinski definition) is 1. The van der Waals surface area contributed by atoms with E-state index in [1.54, 1.807) is 60.0 Å². The van der Waals surface area contributed by atoms with Crippen LogP contribution < -0.4 is 4.72 Å². The maximum atomic E-state index is 13.0. The van der Waals surface area contributed by atoms with E-state index in [-0.39, 0.29) is 16.9 Å². The van der Waals surface area contributed by atoms with Crippen LogP contribution in [0.4, 0.5) is 10.5 Å². The van der Waals surface area contributed by atoms with Crippen LogP contribution in [0.3, 0.4) is 0 Å². The lowest BCUT2D eigenvalue weighted by Crippen LogP contribution is -2.50. The first kappa shape index (κ1) is 21.6. The van der Waals surface area contributed by atoms with Crippen LogP contribution in [-0.4, -0.2) is 63.0 Å². The number of amides is 2. The summed E-state index contributed by atoms with van der Waals surface area (Å²) in [5.41, 5.74) is 1.33. The van der Waals surface area contributed by atoms with Crippen LogP contribution in [0.5, 0.6) is 0 Å². The second kappa shape index (κ2) is 9.17. The number of anilines is 1. The van der Waals surface area contributed by atoms with Crippen LogP contribution in [-0.2, 0) is 14.8 Å². The van der Waals surface area contributed by atoms with Crippen molar-refractivity contribution in [2.45, 2.75) is 18.7 Å². The third kappa shape index (κ3) is 4.73. The number of piperazine rings is 1. The topological polar surface area (TPSA) is 96.0 Å². The zero-order chi connectivity index (χ0) is 21.7. The van der Waals surface area contributed by atoms with Crippen molar-refractivity contribution in [3.05, 3.63) is 59.7 Å². The van der Waals surface area contributed by atoms with Crippen molar-refractivity contribution >= 4 is 27.7 Å². The number of sulfonamides is 1. The van der Waals surface area contributed by atoms with Gasteiger partial charge in [0.25, 0.3) is 15.9 Å². The van der Waals surface area contributed by atoms with Gasteiger partial charge in [-0.15, -0.1) is 0 Å². The molecule has 0 atom stereocenters. The Hall–Kier alpha value is -3.07. The van der Waals surface area contributed by atoms with Crippen LogP contribution in [0, 0.1) is 6.92 Å². The third-order valence-corrected chi connectivity index (χ3v) is 6.34. The summed E-state index contributed by atoms with van der Waals surface area (Å²) in [5.74, 6) is -0.197. The summed E-state index contributed by atoms with van der Waals surface area (Å²) in [5, 5.41) is 0. The summed E-state index contributed by atoms with van der Waals surface area (Å²) in [6.07, 6.45) is -0.377. The molecule has 8 nitrogen and oxygen atoms in total. The van der Waals surface area contributed by atoms with Gasteiger partial charge in [-0.3, -0.25) is 9.52 Å². The van der Waals surface area contributed by atoms with E-state index in [9.17, 15) is 18.0 Å². The van der Waals surface area contributed by atoms with E-state index in [0.717, 1.165) is 0 Å². The average molecular weight is 432 g/mol. The van der Waals surface area contributed by atoms with E-state index in [4.69, 9.17) is 4.74 Å². The minimum absolute atomic E-state index is 0.149. The van der Waals surface area contributed by atoms with E-state index in [1.807, 2.05) is 0 Å². The molecule has 160 valence electrons. The van der Waals surface area contributed by atoms with Gasteiger partial charge in [-0.2, -0.15) is 0 Å². The maximum Gasteiger partial charge on any atom is 0.409 e. The van der Waals surface area contributed by atoms with Crippen molar-refractivity contribution in [1.82, 2.24) is 9.80 Å². The first-order valence-corrected chi connectivity index (χ1v) is 11.2. The van der Waals surface area contributed by atoms with Crippen molar-refractivity contribution in [3.63, 3.8) is 0 Å². The number of carbonyl (C=O) groups excluding carboxylic acids is 2. The summed E-state index contributed by atoms with van der Waals surface area (Å²) in [4.78, 5) is 28.2. The highest BCUT2D eigenvalue weighted by molar-refractivity contribution is 7.92. The van der Waals surface area contributed by atoms with Crippen molar-refractivity contribution < 1.29 is 22.7 Å². The first-order chi connectivity index (χ1) is 14.3. The number of hydrogen-bond acceptors (Lipinski definition) is 5. The van der Waals surface area contributed by atoms with Gasteiger partial charge in [-0.05, 0) is 43.7 Å². The molecule has 0 radical (unpaired) electrons. The highest BCUT2D eigenvalue weighted by Gasteiger charge is 2.27. The van der Waals surface area contributed by atoms with Gasteiger partial charge in [-0.25, -0.2) is 13.2 Å². The summed E-state index contributed by atoms with van der Waals surface area (Å²) in [6.45, 7) is 5.33. The van der Waals surface area contributed by atoms with E-state index in [0.29, 0.717) is 49.6 Å². The van der Waals surface area contributed by atoms with Crippen LogP contribution in [0.2, 0.25) is 0 Å². The Morgan fingerprint density at radius 1 is 0.967 bits per heavy atom. The van der Waals surface area contributed by atoms with Gasteiger partial charge in [0.15, 0.2) is 0 Å². The van der Waals surface area contributed by atoms with Gasteiger partial charge in [0.05, 0.1) is 17.2 Å². The second-order valence-corrected chi connectivity index (χ2v) is 8.56. The summed E-state index contributed by atoms with van der Waals surface area (Å²) >= 11 is 0. The fraction of sp³-hybridized carbons (Fsp3) is 0.333. The van der Waals surface area contributed by atoms with E-state index in [1.165, 1.54) is 12.1 Å². The van der Waals surface area contributed by atoms with Crippen LogP contribution in [0.15, 0.2) is 53.4 Å². The standard InChI is InChI=1S/C21H25N3O5S/c1-3-29-21(26)24-14-12-23(13-15-24)20(25)18-10-7-11-19(16(18)2)22-30(27,28)17-8-5-4-6-9-17/h4-11,22H,3,12-15H2,1-2H3. The van der Waals surface area contributed by atoms with Crippen molar-refractivity contribution in [2.75, 3.05) is 37.5 Å². The second-order valence-electron chi connectivity index (χ2n) is 6.87. The molecule has 0 unspecified atom stereocenters. The number of nitrogens with one attached hydrogen (secondary N) is 1. The molecule has 9 heteroatoms.